The molecule has 1 unspecified atom stereocenters. The van der Waals surface area contributed by atoms with Crippen molar-refractivity contribution in [1.29, 1.82) is 0 Å². The molecule has 4 nitrogen and oxygen atoms in total. The SMILES string of the molecule is O=C(NCC(O)C(F)(F)F)c1ccc(C(F)(F)F)cn1. The third-order valence-corrected chi connectivity index (χ3v) is 2.16. The van der Waals surface area contributed by atoms with Gasteiger partial charge in [-0.05, 0) is 12.1 Å². The summed E-state index contributed by atoms with van der Waals surface area (Å²) in [4.78, 5) is 14.5. The van der Waals surface area contributed by atoms with Crippen LogP contribution >= 0.6 is 0 Å². The minimum atomic E-state index is -4.90. The van der Waals surface area contributed by atoms with Crippen molar-refractivity contribution in [3.63, 3.8) is 0 Å². The Morgan fingerprint density at radius 1 is 1.25 bits per heavy atom. The number of pyridine rings is 1. The number of alkyl halides is 6. The predicted octanol–water partition coefficient (Wildman–Crippen LogP) is 1.75. The topological polar surface area (TPSA) is 62.2 Å². The molecule has 0 aliphatic heterocycles. The van der Waals surface area contributed by atoms with E-state index in [0.29, 0.717) is 12.3 Å². The quantitative estimate of drug-likeness (QED) is 0.836. The zero-order chi connectivity index (χ0) is 15.6. The molecule has 1 rings (SSSR count). The third kappa shape index (κ3) is 4.37. The van der Waals surface area contributed by atoms with Crippen molar-refractivity contribution in [3.8, 4) is 0 Å². The van der Waals surface area contributed by atoms with Crippen LogP contribution in [0.1, 0.15) is 16.1 Å². The lowest BCUT2D eigenvalue weighted by Gasteiger charge is -2.14. The fourth-order valence-electron chi connectivity index (χ4n) is 1.09. The van der Waals surface area contributed by atoms with Gasteiger partial charge in [0.15, 0.2) is 6.10 Å². The highest BCUT2D eigenvalue weighted by Crippen LogP contribution is 2.28. The number of aliphatic hydroxyl groups is 1. The molecule has 1 amide bonds. The molecule has 0 fully saturated rings. The lowest BCUT2D eigenvalue weighted by atomic mass is 10.2. The summed E-state index contributed by atoms with van der Waals surface area (Å²) in [5.41, 5.74) is -1.59. The summed E-state index contributed by atoms with van der Waals surface area (Å²) in [5.74, 6) is -1.12. The molecule has 0 aliphatic carbocycles. The highest BCUT2D eigenvalue weighted by atomic mass is 19.4. The van der Waals surface area contributed by atoms with E-state index in [9.17, 15) is 31.1 Å². The van der Waals surface area contributed by atoms with E-state index in [1.165, 1.54) is 0 Å². The van der Waals surface area contributed by atoms with Crippen LogP contribution in [0.15, 0.2) is 18.3 Å². The van der Waals surface area contributed by atoms with Gasteiger partial charge in [-0.3, -0.25) is 9.78 Å². The first-order chi connectivity index (χ1) is 9.01. The van der Waals surface area contributed by atoms with Gasteiger partial charge in [0.05, 0.1) is 12.1 Å². The van der Waals surface area contributed by atoms with Gasteiger partial charge in [0.25, 0.3) is 5.91 Å². The van der Waals surface area contributed by atoms with E-state index in [-0.39, 0.29) is 0 Å². The van der Waals surface area contributed by atoms with Crippen LogP contribution in [0.5, 0.6) is 0 Å². The maximum absolute atomic E-state index is 12.2. The molecule has 1 aromatic heterocycles. The van der Waals surface area contributed by atoms with Crippen molar-refractivity contribution in [1.82, 2.24) is 10.3 Å². The highest BCUT2D eigenvalue weighted by molar-refractivity contribution is 5.92. The molecule has 0 saturated heterocycles. The summed E-state index contributed by atoms with van der Waals surface area (Å²) in [5, 5.41) is 10.3. The maximum atomic E-state index is 12.2. The van der Waals surface area contributed by atoms with Gasteiger partial charge in [0.2, 0.25) is 0 Å². The number of aromatic nitrogens is 1. The summed E-state index contributed by atoms with van der Waals surface area (Å²) in [6.07, 6.45) is -11.9. The number of nitrogens with zero attached hydrogens (tertiary/aromatic N) is 1. The number of hydrogen-bond donors (Lipinski definition) is 2. The molecule has 112 valence electrons. The Morgan fingerprint density at radius 3 is 2.25 bits per heavy atom. The Hall–Kier alpha value is -1.84. The van der Waals surface area contributed by atoms with E-state index >= 15 is 0 Å². The van der Waals surface area contributed by atoms with Crippen molar-refractivity contribution in [2.45, 2.75) is 18.5 Å². The van der Waals surface area contributed by atoms with Gasteiger partial charge in [0, 0.05) is 6.20 Å². The molecule has 1 aromatic rings. The van der Waals surface area contributed by atoms with Crippen LogP contribution in [0.4, 0.5) is 26.3 Å². The minimum absolute atomic E-state index is 0.384. The first-order valence-electron chi connectivity index (χ1n) is 5.08. The smallest absolute Gasteiger partial charge is 0.382 e. The summed E-state index contributed by atoms with van der Waals surface area (Å²) in [6.45, 7) is -1.12. The number of carbonyl (C=O) groups is 1. The fourth-order valence-corrected chi connectivity index (χ4v) is 1.09. The molecule has 10 heteroatoms. The standard InChI is InChI=1S/C10H8F6N2O2/c11-9(12,13)5-1-2-6(17-3-5)8(20)18-4-7(19)10(14,15)16/h1-3,7,19H,4H2,(H,18,20). The Bertz CT molecular complexity index is 468. The molecule has 2 N–H and O–H groups in total. The molecule has 0 aliphatic rings. The van der Waals surface area contributed by atoms with Crippen LogP contribution in [0.3, 0.4) is 0 Å². The molecule has 0 radical (unpaired) electrons. The van der Waals surface area contributed by atoms with Gasteiger partial charge >= 0.3 is 12.4 Å². The van der Waals surface area contributed by atoms with Crippen molar-refractivity contribution in [2.24, 2.45) is 0 Å². The monoisotopic (exact) mass is 302 g/mol. The molecule has 1 atom stereocenters. The third-order valence-electron chi connectivity index (χ3n) is 2.16. The number of nitrogens with one attached hydrogen (secondary N) is 1. The molecule has 1 heterocycles. The summed E-state index contributed by atoms with van der Waals surface area (Å²) >= 11 is 0. The lowest BCUT2D eigenvalue weighted by Crippen LogP contribution is -2.40. The van der Waals surface area contributed by atoms with Crippen LogP contribution in [0, 0.1) is 0 Å². The zero-order valence-corrected chi connectivity index (χ0v) is 9.59. The van der Waals surface area contributed by atoms with Crippen LogP contribution in [0.25, 0.3) is 0 Å². The summed E-state index contributed by atoms with van der Waals surface area (Å²) in [6, 6.07) is 1.29. The first kappa shape index (κ1) is 16.2. The molecule has 0 saturated carbocycles. The largest absolute Gasteiger partial charge is 0.417 e. The van der Waals surface area contributed by atoms with E-state index in [0.717, 1.165) is 6.07 Å². The molecule has 0 bridgehead atoms. The Morgan fingerprint density at radius 2 is 1.85 bits per heavy atom. The van der Waals surface area contributed by atoms with Crippen LogP contribution in [0.2, 0.25) is 0 Å². The van der Waals surface area contributed by atoms with Crippen LogP contribution in [-0.4, -0.2) is 34.8 Å². The molecule has 0 aromatic carbocycles. The summed E-state index contributed by atoms with van der Waals surface area (Å²) < 4.78 is 72.5. The normalized spacial score (nSPS) is 13.9. The van der Waals surface area contributed by atoms with Crippen LogP contribution < -0.4 is 5.32 Å². The van der Waals surface area contributed by atoms with Crippen molar-refractivity contribution in [3.05, 3.63) is 29.6 Å². The van der Waals surface area contributed by atoms with Crippen molar-refractivity contribution >= 4 is 5.91 Å². The second kappa shape index (κ2) is 5.65. The number of rotatable bonds is 3. The zero-order valence-electron chi connectivity index (χ0n) is 9.59. The average Bonchev–Trinajstić information content (AvgIpc) is 2.33. The van der Waals surface area contributed by atoms with E-state index in [4.69, 9.17) is 5.11 Å². The maximum Gasteiger partial charge on any atom is 0.417 e. The second-order valence-electron chi connectivity index (χ2n) is 3.70. The van der Waals surface area contributed by atoms with Gasteiger partial charge in [-0.2, -0.15) is 26.3 Å². The number of hydrogen-bond acceptors (Lipinski definition) is 3. The fraction of sp³-hybridized carbons (Fsp3) is 0.400. The van der Waals surface area contributed by atoms with Crippen LogP contribution in [-0.2, 0) is 6.18 Å². The molecular weight excluding hydrogens is 294 g/mol. The summed E-state index contributed by atoms with van der Waals surface area (Å²) in [7, 11) is 0. The molecule has 20 heavy (non-hydrogen) atoms. The second-order valence-corrected chi connectivity index (χ2v) is 3.70. The van der Waals surface area contributed by atoms with Crippen molar-refractivity contribution < 1.29 is 36.2 Å². The number of halogens is 6. The Kier molecular flexibility index (Phi) is 4.58. The average molecular weight is 302 g/mol. The van der Waals surface area contributed by atoms with E-state index in [1.54, 1.807) is 5.32 Å². The highest BCUT2D eigenvalue weighted by Gasteiger charge is 2.38. The van der Waals surface area contributed by atoms with Gasteiger partial charge in [-0.15, -0.1) is 0 Å². The number of aliphatic hydroxyl groups excluding tert-OH is 1. The van der Waals surface area contributed by atoms with E-state index in [1.807, 2.05) is 0 Å². The Labute approximate surface area is 108 Å². The van der Waals surface area contributed by atoms with Crippen molar-refractivity contribution in [2.75, 3.05) is 6.54 Å². The number of amides is 1. The lowest BCUT2D eigenvalue weighted by molar-refractivity contribution is -0.201. The predicted molar refractivity (Wildman–Crippen MR) is 53.6 cm³/mol. The minimum Gasteiger partial charge on any atom is -0.382 e. The van der Waals surface area contributed by atoms with Gasteiger partial charge in [-0.25, -0.2) is 0 Å². The van der Waals surface area contributed by atoms with E-state index < -0.39 is 42.2 Å². The molecule has 0 spiro atoms. The van der Waals surface area contributed by atoms with Gasteiger partial charge in [0.1, 0.15) is 5.69 Å². The van der Waals surface area contributed by atoms with E-state index in [2.05, 4.69) is 4.98 Å². The van der Waals surface area contributed by atoms with Gasteiger partial charge in [-0.1, -0.05) is 0 Å². The number of carbonyl (C=O) groups excluding carboxylic acids is 1. The molecular formula is C10H8F6N2O2. The first-order valence-corrected chi connectivity index (χ1v) is 5.08. The van der Waals surface area contributed by atoms with Gasteiger partial charge < -0.3 is 10.4 Å². The Balaban J connectivity index is 2.65.